The summed E-state index contributed by atoms with van der Waals surface area (Å²) in [4.78, 5) is 12.5. The van der Waals surface area contributed by atoms with Crippen molar-refractivity contribution in [2.24, 2.45) is 0 Å². The molecule has 1 unspecified atom stereocenters. The average molecular weight is 418 g/mol. The third kappa shape index (κ3) is 4.39. The van der Waals surface area contributed by atoms with Gasteiger partial charge in [0.05, 0.1) is 14.2 Å². The number of hydrogen-bond donors (Lipinski definition) is 1. The summed E-state index contributed by atoms with van der Waals surface area (Å²) in [6.45, 7) is 0.462. The summed E-state index contributed by atoms with van der Waals surface area (Å²) >= 11 is 3.46. The van der Waals surface area contributed by atoms with Gasteiger partial charge in [-0.25, -0.2) is 0 Å². The maximum atomic E-state index is 12.5. The summed E-state index contributed by atoms with van der Waals surface area (Å²) in [7, 11) is 3.33. The molecular weight excluding hydrogens is 394 g/mol. The van der Waals surface area contributed by atoms with Gasteiger partial charge in [-0.15, -0.1) is 0 Å². The molecule has 0 aromatic heterocycles. The van der Waals surface area contributed by atoms with Crippen LogP contribution in [0.4, 0.5) is 0 Å². The number of hydrogen-bond acceptors (Lipinski definition) is 3. The number of fused-ring (bicyclic) bond motifs is 1. The van der Waals surface area contributed by atoms with E-state index in [-0.39, 0.29) is 11.8 Å². The van der Waals surface area contributed by atoms with Crippen LogP contribution in [0.3, 0.4) is 0 Å². The minimum absolute atomic E-state index is 0.0701. The first-order valence-electron chi connectivity index (χ1n) is 8.86. The van der Waals surface area contributed by atoms with Gasteiger partial charge in [0.1, 0.15) is 11.5 Å². The number of aryl methyl sites for hydroxylation is 1. The predicted molar refractivity (Wildman–Crippen MR) is 106 cm³/mol. The lowest BCUT2D eigenvalue weighted by molar-refractivity contribution is -0.121. The minimum Gasteiger partial charge on any atom is -0.497 e. The summed E-state index contributed by atoms with van der Waals surface area (Å²) in [6.07, 6.45) is 3.72. The standard InChI is InChI=1S/C21H24BrNO3/c1-25-18-7-8-19-14(11-18)4-3-5-15(19)12-21(24)23-13-16-10-17(22)6-9-20(16)26-2/h6-11,15H,3-5,12-13H2,1-2H3,(H,23,24). The number of amides is 1. The van der Waals surface area contributed by atoms with Crippen LogP contribution in [-0.2, 0) is 17.8 Å². The van der Waals surface area contributed by atoms with Gasteiger partial charge in [-0.05, 0) is 66.6 Å². The molecule has 1 atom stereocenters. The van der Waals surface area contributed by atoms with Gasteiger partial charge < -0.3 is 14.8 Å². The lowest BCUT2D eigenvalue weighted by Gasteiger charge is -2.25. The molecule has 2 aromatic carbocycles. The highest BCUT2D eigenvalue weighted by molar-refractivity contribution is 9.10. The van der Waals surface area contributed by atoms with Crippen molar-refractivity contribution in [2.45, 2.75) is 38.1 Å². The van der Waals surface area contributed by atoms with E-state index in [1.807, 2.05) is 24.3 Å². The number of carbonyl (C=O) groups excluding carboxylic acids is 1. The lowest BCUT2D eigenvalue weighted by atomic mass is 9.81. The fourth-order valence-corrected chi connectivity index (χ4v) is 4.01. The van der Waals surface area contributed by atoms with Gasteiger partial charge in [-0.3, -0.25) is 4.79 Å². The Morgan fingerprint density at radius 1 is 1.19 bits per heavy atom. The normalized spacial score (nSPS) is 15.9. The molecule has 1 N–H and O–H groups in total. The molecule has 1 aliphatic carbocycles. The fraction of sp³-hybridized carbons (Fsp3) is 0.381. The average Bonchev–Trinajstić information content (AvgIpc) is 2.66. The first-order valence-corrected chi connectivity index (χ1v) is 9.66. The van der Waals surface area contributed by atoms with E-state index in [0.717, 1.165) is 40.8 Å². The molecule has 26 heavy (non-hydrogen) atoms. The number of methoxy groups -OCH3 is 2. The number of ether oxygens (including phenoxy) is 2. The first kappa shape index (κ1) is 18.8. The van der Waals surface area contributed by atoms with Crippen molar-refractivity contribution in [3.63, 3.8) is 0 Å². The molecule has 1 amide bonds. The highest BCUT2D eigenvalue weighted by atomic mass is 79.9. The maximum absolute atomic E-state index is 12.5. The van der Waals surface area contributed by atoms with Crippen LogP contribution in [0, 0.1) is 0 Å². The molecule has 1 aliphatic rings. The first-order chi connectivity index (χ1) is 12.6. The minimum atomic E-state index is 0.0701. The molecule has 0 saturated heterocycles. The molecule has 4 nitrogen and oxygen atoms in total. The molecule has 138 valence electrons. The predicted octanol–water partition coefficient (Wildman–Crippen LogP) is 4.59. The van der Waals surface area contributed by atoms with Crippen molar-refractivity contribution >= 4 is 21.8 Å². The van der Waals surface area contributed by atoms with Crippen LogP contribution in [0.15, 0.2) is 40.9 Å². The van der Waals surface area contributed by atoms with Crippen LogP contribution in [0.5, 0.6) is 11.5 Å². The maximum Gasteiger partial charge on any atom is 0.220 e. The number of halogens is 1. The highest BCUT2D eigenvalue weighted by Crippen LogP contribution is 2.35. The zero-order chi connectivity index (χ0) is 18.5. The third-order valence-electron chi connectivity index (χ3n) is 4.94. The summed E-state index contributed by atoms with van der Waals surface area (Å²) in [6, 6.07) is 12.0. The number of benzene rings is 2. The van der Waals surface area contributed by atoms with Gasteiger partial charge in [0.15, 0.2) is 0 Å². The fourth-order valence-electron chi connectivity index (χ4n) is 3.61. The number of carbonyl (C=O) groups is 1. The summed E-state index contributed by atoms with van der Waals surface area (Å²) in [5.41, 5.74) is 3.55. The second-order valence-corrected chi connectivity index (χ2v) is 7.51. The third-order valence-corrected chi connectivity index (χ3v) is 5.43. The molecule has 0 fully saturated rings. The monoisotopic (exact) mass is 417 g/mol. The van der Waals surface area contributed by atoms with Crippen LogP contribution in [0.25, 0.3) is 0 Å². The molecule has 0 spiro atoms. The quantitative estimate of drug-likeness (QED) is 0.747. The van der Waals surface area contributed by atoms with Gasteiger partial charge in [0.25, 0.3) is 0 Å². The van der Waals surface area contributed by atoms with Gasteiger partial charge in [0.2, 0.25) is 5.91 Å². The second-order valence-electron chi connectivity index (χ2n) is 6.59. The van der Waals surface area contributed by atoms with E-state index in [1.54, 1.807) is 14.2 Å². The molecule has 0 aliphatic heterocycles. The molecule has 0 saturated carbocycles. The van der Waals surface area contributed by atoms with E-state index in [1.165, 1.54) is 11.1 Å². The Labute approximate surface area is 163 Å². The Hall–Kier alpha value is -2.01. The Morgan fingerprint density at radius 3 is 2.81 bits per heavy atom. The number of rotatable bonds is 6. The highest BCUT2D eigenvalue weighted by Gasteiger charge is 2.23. The largest absolute Gasteiger partial charge is 0.497 e. The molecule has 3 rings (SSSR count). The van der Waals surface area contributed by atoms with Crippen molar-refractivity contribution in [2.75, 3.05) is 14.2 Å². The lowest BCUT2D eigenvalue weighted by Crippen LogP contribution is -2.26. The summed E-state index contributed by atoms with van der Waals surface area (Å²) in [5, 5.41) is 3.04. The topological polar surface area (TPSA) is 47.6 Å². The van der Waals surface area contributed by atoms with Crippen molar-refractivity contribution in [1.29, 1.82) is 0 Å². The molecular formula is C21H24BrNO3. The van der Waals surface area contributed by atoms with Crippen LogP contribution in [0.1, 0.15) is 41.9 Å². The van der Waals surface area contributed by atoms with Crippen LogP contribution >= 0.6 is 15.9 Å². The molecule has 5 heteroatoms. The van der Waals surface area contributed by atoms with Crippen molar-refractivity contribution in [3.8, 4) is 11.5 Å². The van der Waals surface area contributed by atoms with Crippen LogP contribution in [-0.4, -0.2) is 20.1 Å². The Kier molecular flexibility index (Phi) is 6.20. The van der Waals surface area contributed by atoms with Crippen molar-refractivity contribution < 1.29 is 14.3 Å². The van der Waals surface area contributed by atoms with Gasteiger partial charge in [0, 0.05) is 23.0 Å². The van der Waals surface area contributed by atoms with Crippen molar-refractivity contribution in [3.05, 3.63) is 57.6 Å². The molecule has 2 aromatic rings. The number of nitrogens with one attached hydrogen (secondary N) is 1. The molecule has 0 radical (unpaired) electrons. The Morgan fingerprint density at radius 2 is 2.04 bits per heavy atom. The smallest absolute Gasteiger partial charge is 0.220 e. The van der Waals surface area contributed by atoms with Gasteiger partial charge >= 0.3 is 0 Å². The summed E-state index contributed by atoms with van der Waals surface area (Å²) in [5.74, 6) is 2.01. The van der Waals surface area contributed by atoms with Crippen LogP contribution < -0.4 is 14.8 Å². The van der Waals surface area contributed by atoms with Gasteiger partial charge in [-0.2, -0.15) is 0 Å². The zero-order valence-electron chi connectivity index (χ0n) is 15.2. The Balaban J connectivity index is 1.64. The van der Waals surface area contributed by atoms with E-state index in [2.05, 4.69) is 33.4 Å². The van der Waals surface area contributed by atoms with E-state index < -0.39 is 0 Å². The van der Waals surface area contributed by atoms with Gasteiger partial charge in [-0.1, -0.05) is 22.0 Å². The van der Waals surface area contributed by atoms with E-state index in [0.29, 0.717) is 13.0 Å². The van der Waals surface area contributed by atoms with E-state index in [4.69, 9.17) is 9.47 Å². The van der Waals surface area contributed by atoms with E-state index in [9.17, 15) is 4.79 Å². The SMILES string of the molecule is COc1ccc2c(c1)CCCC2CC(=O)NCc1cc(Br)ccc1OC. The Bertz CT molecular complexity index is 791. The molecule has 0 heterocycles. The molecule has 0 bridgehead atoms. The van der Waals surface area contributed by atoms with Crippen molar-refractivity contribution in [1.82, 2.24) is 5.32 Å². The van der Waals surface area contributed by atoms with Crippen LogP contribution in [0.2, 0.25) is 0 Å². The second kappa shape index (κ2) is 8.58. The summed E-state index contributed by atoms with van der Waals surface area (Å²) < 4.78 is 11.7. The van der Waals surface area contributed by atoms with E-state index >= 15 is 0 Å². The zero-order valence-corrected chi connectivity index (χ0v) is 16.8.